The highest BCUT2D eigenvalue weighted by Gasteiger charge is 2.08. The van der Waals surface area contributed by atoms with Crippen LogP contribution in [0.5, 0.6) is 0 Å². The molecule has 2 nitrogen and oxygen atoms in total. The summed E-state index contributed by atoms with van der Waals surface area (Å²) in [5.74, 6) is 0.140. The first-order valence-electron chi connectivity index (χ1n) is 4.11. The third-order valence-electron chi connectivity index (χ3n) is 2.00. The molecule has 0 saturated carbocycles. The Morgan fingerprint density at radius 2 is 2.23 bits per heavy atom. The molecule has 0 spiro atoms. The zero-order valence-electron chi connectivity index (χ0n) is 7.51. The average molecular weight is 242 g/mol. The zero-order chi connectivity index (χ0) is 9.84. The van der Waals surface area contributed by atoms with Crippen LogP contribution in [0.1, 0.15) is 22.3 Å². The van der Waals surface area contributed by atoms with Crippen molar-refractivity contribution < 1.29 is 4.79 Å². The van der Waals surface area contributed by atoms with E-state index >= 15 is 0 Å². The van der Waals surface area contributed by atoms with E-state index in [0.717, 1.165) is 11.1 Å². The van der Waals surface area contributed by atoms with Gasteiger partial charge in [-0.3, -0.25) is 4.79 Å². The normalized spacial score (nSPS) is 10.0. The van der Waals surface area contributed by atoms with Crippen LogP contribution in [0, 0.1) is 6.92 Å². The van der Waals surface area contributed by atoms with Gasteiger partial charge in [0.1, 0.15) is 0 Å². The van der Waals surface area contributed by atoms with E-state index in [4.69, 9.17) is 5.73 Å². The van der Waals surface area contributed by atoms with Gasteiger partial charge in [0.05, 0.1) is 0 Å². The maximum atomic E-state index is 11.5. The van der Waals surface area contributed by atoms with Gasteiger partial charge in [0.25, 0.3) is 0 Å². The van der Waals surface area contributed by atoms with E-state index < -0.39 is 0 Å². The highest BCUT2D eigenvalue weighted by molar-refractivity contribution is 9.09. The van der Waals surface area contributed by atoms with Crippen molar-refractivity contribution in [2.75, 3.05) is 11.1 Å². The van der Waals surface area contributed by atoms with Crippen molar-refractivity contribution >= 4 is 27.4 Å². The Balaban J connectivity index is 3.01. The monoisotopic (exact) mass is 241 g/mol. The molecule has 3 heteroatoms. The third kappa shape index (κ3) is 2.31. The van der Waals surface area contributed by atoms with Crippen LogP contribution in [0.2, 0.25) is 0 Å². The molecule has 0 bridgehead atoms. The first-order chi connectivity index (χ1) is 6.16. The SMILES string of the molecule is Cc1c(N)cccc1C(=O)CCBr. The highest BCUT2D eigenvalue weighted by Crippen LogP contribution is 2.17. The van der Waals surface area contributed by atoms with Gasteiger partial charge in [0.2, 0.25) is 0 Å². The fourth-order valence-electron chi connectivity index (χ4n) is 1.18. The Morgan fingerprint density at radius 1 is 1.54 bits per heavy atom. The summed E-state index contributed by atoms with van der Waals surface area (Å²) in [6.45, 7) is 1.87. The number of hydrogen-bond donors (Lipinski definition) is 1. The van der Waals surface area contributed by atoms with Gasteiger partial charge in [-0.05, 0) is 18.6 Å². The number of nitrogen functional groups attached to an aromatic ring is 1. The standard InChI is InChI=1S/C10H12BrNO/c1-7-8(10(13)5-6-11)3-2-4-9(7)12/h2-4H,5-6,12H2,1H3. The summed E-state index contributed by atoms with van der Waals surface area (Å²) in [4.78, 5) is 11.5. The summed E-state index contributed by atoms with van der Waals surface area (Å²) in [5.41, 5.74) is 7.99. The minimum Gasteiger partial charge on any atom is -0.398 e. The number of anilines is 1. The molecule has 1 aromatic rings. The second kappa shape index (κ2) is 4.42. The molecule has 0 aromatic heterocycles. The van der Waals surface area contributed by atoms with Gasteiger partial charge in [-0.1, -0.05) is 28.1 Å². The molecule has 1 rings (SSSR count). The van der Waals surface area contributed by atoms with Crippen LogP contribution in [-0.2, 0) is 0 Å². The van der Waals surface area contributed by atoms with E-state index in [9.17, 15) is 4.79 Å². The Kier molecular flexibility index (Phi) is 3.48. The zero-order valence-corrected chi connectivity index (χ0v) is 9.10. The van der Waals surface area contributed by atoms with Gasteiger partial charge < -0.3 is 5.73 Å². The lowest BCUT2D eigenvalue weighted by atomic mass is 10.0. The minimum atomic E-state index is 0.140. The summed E-state index contributed by atoms with van der Waals surface area (Å²) in [7, 11) is 0. The van der Waals surface area contributed by atoms with Crippen molar-refractivity contribution in [2.45, 2.75) is 13.3 Å². The number of nitrogens with two attached hydrogens (primary N) is 1. The number of halogens is 1. The van der Waals surface area contributed by atoms with Crippen molar-refractivity contribution in [1.82, 2.24) is 0 Å². The number of Topliss-reactive ketones (excluding diaryl/α,β-unsaturated/α-hetero) is 1. The molecule has 2 N–H and O–H groups in total. The summed E-state index contributed by atoms with van der Waals surface area (Å²) in [6.07, 6.45) is 0.518. The number of hydrogen-bond acceptors (Lipinski definition) is 2. The van der Waals surface area contributed by atoms with Gasteiger partial charge in [-0.25, -0.2) is 0 Å². The molecule has 13 heavy (non-hydrogen) atoms. The number of alkyl halides is 1. The Hall–Kier alpha value is -0.830. The topological polar surface area (TPSA) is 43.1 Å². The van der Waals surface area contributed by atoms with Crippen molar-refractivity contribution in [3.8, 4) is 0 Å². The fourth-order valence-corrected chi connectivity index (χ4v) is 1.54. The molecule has 0 unspecified atom stereocenters. The van der Waals surface area contributed by atoms with Crippen molar-refractivity contribution in [3.63, 3.8) is 0 Å². The number of carbonyl (C=O) groups excluding carboxylic acids is 1. The highest BCUT2D eigenvalue weighted by atomic mass is 79.9. The molecule has 0 atom stereocenters. The number of carbonyl (C=O) groups is 1. The van der Waals surface area contributed by atoms with Crippen LogP contribution in [0.3, 0.4) is 0 Å². The van der Waals surface area contributed by atoms with E-state index in [1.807, 2.05) is 19.1 Å². The second-order valence-corrected chi connectivity index (χ2v) is 3.67. The lowest BCUT2D eigenvalue weighted by Crippen LogP contribution is -2.04. The maximum Gasteiger partial charge on any atom is 0.164 e. The number of ketones is 1. The number of rotatable bonds is 3. The van der Waals surface area contributed by atoms with Crippen LogP contribution in [0.25, 0.3) is 0 Å². The van der Waals surface area contributed by atoms with E-state index in [2.05, 4.69) is 15.9 Å². The molecule has 0 aliphatic rings. The van der Waals surface area contributed by atoms with E-state index in [0.29, 0.717) is 17.4 Å². The van der Waals surface area contributed by atoms with Crippen molar-refractivity contribution in [3.05, 3.63) is 29.3 Å². The minimum absolute atomic E-state index is 0.140. The van der Waals surface area contributed by atoms with Crippen LogP contribution in [-0.4, -0.2) is 11.1 Å². The van der Waals surface area contributed by atoms with Gasteiger partial charge in [-0.15, -0.1) is 0 Å². The van der Waals surface area contributed by atoms with E-state index in [1.165, 1.54) is 0 Å². The molecule has 1 aromatic carbocycles. The third-order valence-corrected chi connectivity index (χ3v) is 2.39. The molecule has 0 aliphatic heterocycles. The Morgan fingerprint density at radius 3 is 2.85 bits per heavy atom. The quantitative estimate of drug-likeness (QED) is 0.502. The van der Waals surface area contributed by atoms with E-state index in [-0.39, 0.29) is 5.78 Å². The second-order valence-electron chi connectivity index (χ2n) is 2.88. The summed E-state index contributed by atoms with van der Waals surface area (Å²) in [6, 6.07) is 5.43. The molecule has 0 heterocycles. The molecular formula is C10H12BrNO. The molecule has 0 fully saturated rings. The molecular weight excluding hydrogens is 230 g/mol. The largest absolute Gasteiger partial charge is 0.398 e. The molecule has 0 saturated heterocycles. The molecule has 0 amide bonds. The van der Waals surface area contributed by atoms with Gasteiger partial charge in [0, 0.05) is 23.0 Å². The first kappa shape index (κ1) is 10.3. The van der Waals surface area contributed by atoms with Crippen LogP contribution in [0.4, 0.5) is 5.69 Å². The Bertz CT molecular complexity index is 323. The predicted molar refractivity (Wildman–Crippen MR) is 58.3 cm³/mol. The average Bonchev–Trinajstić information content (AvgIpc) is 2.10. The summed E-state index contributed by atoms with van der Waals surface area (Å²) < 4.78 is 0. The first-order valence-corrected chi connectivity index (χ1v) is 5.23. The van der Waals surface area contributed by atoms with Crippen LogP contribution < -0.4 is 5.73 Å². The van der Waals surface area contributed by atoms with Gasteiger partial charge in [0.15, 0.2) is 5.78 Å². The van der Waals surface area contributed by atoms with Crippen LogP contribution in [0.15, 0.2) is 18.2 Å². The lowest BCUT2D eigenvalue weighted by Gasteiger charge is -2.05. The summed E-state index contributed by atoms with van der Waals surface area (Å²) >= 11 is 3.24. The fraction of sp³-hybridized carbons (Fsp3) is 0.300. The molecule has 70 valence electrons. The van der Waals surface area contributed by atoms with Crippen molar-refractivity contribution in [1.29, 1.82) is 0 Å². The molecule has 0 radical (unpaired) electrons. The number of benzene rings is 1. The Labute approximate surface area is 86.3 Å². The van der Waals surface area contributed by atoms with Crippen molar-refractivity contribution in [2.24, 2.45) is 0 Å². The predicted octanol–water partition coefficient (Wildman–Crippen LogP) is 2.54. The maximum absolute atomic E-state index is 11.5. The lowest BCUT2D eigenvalue weighted by molar-refractivity contribution is 0.0989. The van der Waals surface area contributed by atoms with Gasteiger partial charge in [-0.2, -0.15) is 0 Å². The summed E-state index contributed by atoms with van der Waals surface area (Å²) in [5, 5.41) is 0.695. The smallest absolute Gasteiger partial charge is 0.164 e. The van der Waals surface area contributed by atoms with Gasteiger partial charge >= 0.3 is 0 Å². The van der Waals surface area contributed by atoms with Crippen LogP contribution >= 0.6 is 15.9 Å². The molecule has 0 aliphatic carbocycles. The van der Waals surface area contributed by atoms with E-state index in [1.54, 1.807) is 6.07 Å².